The van der Waals surface area contributed by atoms with Gasteiger partial charge in [-0.15, -0.1) is 22.7 Å². The van der Waals surface area contributed by atoms with Gasteiger partial charge in [0.05, 0.1) is 11.6 Å². The summed E-state index contributed by atoms with van der Waals surface area (Å²) in [6.07, 6.45) is 0. The van der Waals surface area contributed by atoms with Crippen LogP contribution in [0.25, 0.3) is 0 Å². The number of carbonyl (C=O) groups excluding carboxylic acids is 3. The van der Waals surface area contributed by atoms with Crippen LogP contribution in [0.5, 0.6) is 0 Å². The second-order valence-corrected chi connectivity index (χ2v) is 8.25. The van der Waals surface area contributed by atoms with Gasteiger partial charge in [-0.3, -0.25) is 4.79 Å². The number of carbonyl (C=O) groups is 3. The van der Waals surface area contributed by atoms with Gasteiger partial charge in [-0.25, -0.2) is 14.6 Å². The third-order valence-corrected chi connectivity index (χ3v) is 5.91. The molecule has 1 amide bonds. The second kappa shape index (κ2) is 10.7. The standard InChI is InChI=1S/C21H21N3O5S2/c1-3-28-20(27)18-13(2)9-17(31-18)24-16(25)11-29-19(26)15-12-30-21(23-15)22-10-14-7-5-4-6-8-14/h4-9,12H,3,10-11H2,1-2H3,(H,22,23)(H,24,25). The first-order chi connectivity index (χ1) is 15.0. The number of thiophene rings is 1. The fraction of sp³-hybridized carbons (Fsp3) is 0.238. The van der Waals surface area contributed by atoms with Gasteiger partial charge in [0.1, 0.15) is 4.88 Å². The molecule has 0 aliphatic heterocycles. The summed E-state index contributed by atoms with van der Waals surface area (Å²) in [5.41, 5.74) is 1.92. The topological polar surface area (TPSA) is 107 Å². The van der Waals surface area contributed by atoms with E-state index in [4.69, 9.17) is 9.47 Å². The normalized spacial score (nSPS) is 10.4. The lowest BCUT2D eigenvalue weighted by Crippen LogP contribution is -2.20. The van der Waals surface area contributed by atoms with Crippen molar-refractivity contribution < 1.29 is 23.9 Å². The van der Waals surface area contributed by atoms with E-state index >= 15 is 0 Å². The SMILES string of the molecule is CCOC(=O)c1sc(NC(=O)COC(=O)c2csc(NCc3ccccc3)n2)cc1C. The van der Waals surface area contributed by atoms with E-state index < -0.39 is 24.5 Å². The molecule has 0 fully saturated rings. The minimum Gasteiger partial charge on any atom is -0.462 e. The van der Waals surface area contributed by atoms with Crippen LogP contribution in [0, 0.1) is 6.92 Å². The van der Waals surface area contributed by atoms with Crippen molar-refractivity contribution in [2.45, 2.75) is 20.4 Å². The van der Waals surface area contributed by atoms with Crippen molar-refractivity contribution in [3.63, 3.8) is 0 Å². The molecule has 0 bridgehead atoms. The highest BCUT2D eigenvalue weighted by atomic mass is 32.1. The molecular formula is C21H21N3O5S2. The third-order valence-electron chi connectivity index (χ3n) is 3.98. The number of aryl methyl sites for hydroxylation is 1. The molecule has 3 rings (SSSR count). The monoisotopic (exact) mass is 459 g/mol. The minimum absolute atomic E-state index is 0.130. The zero-order valence-electron chi connectivity index (χ0n) is 17.0. The highest BCUT2D eigenvalue weighted by molar-refractivity contribution is 7.18. The van der Waals surface area contributed by atoms with Crippen molar-refractivity contribution in [3.8, 4) is 0 Å². The second-order valence-electron chi connectivity index (χ2n) is 6.34. The summed E-state index contributed by atoms with van der Waals surface area (Å²) in [6, 6.07) is 11.5. The van der Waals surface area contributed by atoms with Crippen LogP contribution in [0.15, 0.2) is 41.8 Å². The molecule has 10 heteroatoms. The first-order valence-electron chi connectivity index (χ1n) is 9.44. The van der Waals surface area contributed by atoms with Crippen molar-refractivity contribution in [2.24, 2.45) is 0 Å². The molecule has 2 aromatic heterocycles. The van der Waals surface area contributed by atoms with Crippen LogP contribution in [0.1, 0.15) is 38.2 Å². The Balaban J connectivity index is 1.47. The van der Waals surface area contributed by atoms with Gasteiger partial charge < -0.3 is 20.1 Å². The summed E-state index contributed by atoms with van der Waals surface area (Å²) in [4.78, 5) is 40.7. The van der Waals surface area contributed by atoms with Crippen molar-refractivity contribution in [1.29, 1.82) is 0 Å². The van der Waals surface area contributed by atoms with E-state index in [0.29, 0.717) is 27.1 Å². The summed E-state index contributed by atoms with van der Waals surface area (Å²) in [5.74, 6) is -1.63. The van der Waals surface area contributed by atoms with E-state index in [1.54, 1.807) is 25.3 Å². The Morgan fingerprint density at radius 1 is 1.10 bits per heavy atom. The molecule has 1 aromatic carbocycles. The average molecular weight is 460 g/mol. The van der Waals surface area contributed by atoms with E-state index in [9.17, 15) is 14.4 Å². The molecule has 31 heavy (non-hydrogen) atoms. The maximum atomic E-state index is 12.2. The predicted molar refractivity (Wildman–Crippen MR) is 120 cm³/mol. The summed E-state index contributed by atoms with van der Waals surface area (Å²) in [5, 5.41) is 8.39. The molecule has 2 heterocycles. The lowest BCUT2D eigenvalue weighted by Gasteiger charge is -2.04. The quantitative estimate of drug-likeness (QED) is 0.464. The van der Waals surface area contributed by atoms with Crippen LogP contribution < -0.4 is 10.6 Å². The molecule has 0 spiro atoms. The van der Waals surface area contributed by atoms with E-state index in [1.165, 1.54) is 11.3 Å². The molecule has 0 aliphatic carbocycles. The van der Waals surface area contributed by atoms with Crippen LogP contribution in [-0.2, 0) is 20.8 Å². The number of aromatic nitrogens is 1. The van der Waals surface area contributed by atoms with Gasteiger partial charge in [0.15, 0.2) is 17.4 Å². The number of benzene rings is 1. The molecule has 3 aromatic rings. The molecule has 0 saturated carbocycles. The Hall–Kier alpha value is -3.24. The predicted octanol–water partition coefficient (Wildman–Crippen LogP) is 4.10. The van der Waals surface area contributed by atoms with E-state index in [1.807, 2.05) is 30.3 Å². The number of nitrogens with one attached hydrogen (secondary N) is 2. The van der Waals surface area contributed by atoms with E-state index in [2.05, 4.69) is 15.6 Å². The largest absolute Gasteiger partial charge is 0.462 e. The summed E-state index contributed by atoms with van der Waals surface area (Å²) in [7, 11) is 0. The Labute approximate surface area is 187 Å². The minimum atomic E-state index is -0.686. The van der Waals surface area contributed by atoms with E-state index in [-0.39, 0.29) is 12.3 Å². The number of nitrogens with zero attached hydrogens (tertiary/aromatic N) is 1. The molecule has 0 unspecified atom stereocenters. The first kappa shape index (κ1) is 22.4. The fourth-order valence-corrected chi connectivity index (χ4v) is 4.21. The molecule has 2 N–H and O–H groups in total. The number of thiazole rings is 1. The van der Waals surface area contributed by atoms with Crippen LogP contribution in [0.4, 0.5) is 10.1 Å². The Kier molecular flexibility index (Phi) is 7.74. The first-order valence-corrected chi connectivity index (χ1v) is 11.1. The summed E-state index contributed by atoms with van der Waals surface area (Å²) >= 11 is 2.39. The smallest absolute Gasteiger partial charge is 0.358 e. The molecule has 8 nitrogen and oxygen atoms in total. The fourth-order valence-electron chi connectivity index (χ4n) is 2.54. The summed E-state index contributed by atoms with van der Waals surface area (Å²) in [6.45, 7) is 3.87. The zero-order chi connectivity index (χ0) is 22.2. The molecule has 162 valence electrons. The average Bonchev–Trinajstić information content (AvgIpc) is 3.38. The Morgan fingerprint density at radius 2 is 1.87 bits per heavy atom. The van der Waals surface area contributed by atoms with Gasteiger partial charge >= 0.3 is 11.9 Å². The van der Waals surface area contributed by atoms with Gasteiger partial charge in [-0.1, -0.05) is 30.3 Å². The highest BCUT2D eigenvalue weighted by Gasteiger charge is 2.17. The van der Waals surface area contributed by atoms with Crippen LogP contribution >= 0.6 is 22.7 Å². The summed E-state index contributed by atoms with van der Waals surface area (Å²) < 4.78 is 10.0. The number of esters is 2. The van der Waals surface area contributed by atoms with Crippen LogP contribution in [0.3, 0.4) is 0 Å². The molecular weight excluding hydrogens is 438 g/mol. The lowest BCUT2D eigenvalue weighted by atomic mass is 10.2. The maximum absolute atomic E-state index is 12.2. The lowest BCUT2D eigenvalue weighted by molar-refractivity contribution is -0.119. The maximum Gasteiger partial charge on any atom is 0.358 e. The van der Waals surface area contributed by atoms with Crippen molar-refractivity contribution in [3.05, 3.63) is 63.5 Å². The Bertz CT molecular complexity index is 1060. The third kappa shape index (κ3) is 6.37. The van der Waals surface area contributed by atoms with Gasteiger partial charge in [0.25, 0.3) is 5.91 Å². The van der Waals surface area contributed by atoms with Gasteiger partial charge in [-0.2, -0.15) is 0 Å². The Morgan fingerprint density at radius 3 is 2.61 bits per heavy atom. The zero-order valence-corrected chi connectivity index (χ0v) is 18.6. The van der Waals surface area contributed by atoms with Gasteiger partial charge in [0.2, 0.25) is 0 Å². The number of hydrogen-bond donors (Lipinski definition) is 2. The molecule has 0 radical (unpaired) electrons. The van der Waals surface area contributed by atoms with Gasteiger partial charge in [0, 0.05) is 11.9 Å². The van der Waals surface area contributed by atoms with E-state index in [0.717, 1.165) is 16.9 Å². The number of amides is 1. The molecule has 0 atom stereocenters. The highest BCUT2D eigenvalue weighted by Crippen LogP contribution is 2.27. The van der Waals surface area contributed by atoms with Gasteiger partial charge in [-0.05, 0) is 31.0 Å². The van der Waals surface area contributed by atoms with Crippen LogP contribution in [-0.4, -0.2) is 36.0 Å². The van der Waals surface area contributed by atoms with Crippen molar-refractivity contribution in [2.75, 3.05) is 23.8 Å². The molecule has 0 saturated heterocycles. The van der Waals surface area contributed by atoms with Crippen molar-refractivity contribution >= 4 is 50.7 Å². The number of hydrogen-bond acceptors (Lipinski definition) is 9. The number of anilines is 2. The number of ether oxygens (including phenoxy) is 2. The molecule has 0 aliphatic rings. The van der Waals surface area contributed by atoms with Crippen LogP contribution in [0.2, 0.25) is 0 Å². The number of rotatable bonds is 9. The van der Waals surface area contributed by atoms with Crippen molar-refractivity contribution in [1.82, 2.24) is 4.98 Å².